The number of carbonyl (C=O) groups excluding carboxylic acids is 1. The van der Waals surface area contributed by atoms with Gasteiger partial charge in [-0.2, -0.15) is 0 Å². The van der Waals surface area contributed by atoms with Crippen molar-refractivity contribution in [1.29, 1.82) is 0 Å². The topological polar surface area (TPSA) is 66.7 Å². The molecule has 0 saturated carbocycles. The van der Waals surface area contributed by atoms with Gasteiger partial charge in [0.15, 0.2) is 5.78 Å². The molecule has 1 atom stereocenters. The molecule has 2 aromatic carbocycles. The van der Waals surface area contributed by atoms with Crippen LogP contribution in [0.5, 0.6) is 0 Å². The summed E-state index contributed by atoms with van der Waals surface area (Å²) in [6.45, 7) is 6.00. The fraction of sp³-hybridized carbons (Fsp3) is 0.350. The maximum Gasteiger partial charge on any atom is 0.269 e. The lowest BCUT2D eigenvalue weighted by molar-refractivity contribution is -0.384. The Morgan fingerprint density at radius 1 is 1.04 bits per heavy atom. The monoisotopic (exact) mass is 353 g/mol. The number of nitro benzene ring substituents is 1. The van der Waals surface area contributed by atoms with E-state index in [9.17, 15) is 14.9 Å². The third-order valence-electron chi connectivity index (χ3n) is 5.00. The largest absolute Gasteiger partial charge is 0.294 e. The average molecular weight is 353 g/mol. The minimum Gasteiger partial charge on any atom is -0.294 e. The summed E-state index contributed by atoms with van der Waals surface area (Å²) < 4.78 is 0. The summed E-state index contributed by atoms with van der Waals surface area (Å²) in [5.41, 5.74) is 1.95. The van der Waals surface area contributed by atoms with Crippen molar-refractivity contribution in [3.05, 3.63) is 75.8 Å². The first-order valence-corrected chi connectivity index (χ1v) is 8.83. The number of nitrogens with zero attached hydrogens (tertiary/aromatic N) is 3. The Hall–Kier alpha value is -2.57. The van der Waals surface area contributed by atoms with Crippen LogP contribution in [-0.4, -0.2) is 53.2 Å². The second kappa shape index (κ2) is 8.21. The van der Waals surface area contributed by atoms with Crippen LogP contribution in [0.25, 0.3) is 0 Å². The van der Waals surface area contributed by atoms with Crippen LogP contribution in [0.3, 0.4) is 0 Å². The Morgan fingerprint density at radius 3 is 2.23 bits per heavy atom. The fourth-order valence-electron chi connectivity index (χ4n) is 3.31. The van der Waals surface area contributed by atoms with Gasteiger partial charge in [-0.15, -0.1) is 0 Å². The van der Waals surface area contributed by atoms with E-state index in [-0.39, 0.29) is 22.4 Å². The van der Waals surface area contributed by atoms with Crippen molar-refractivity contribution in [3.63, 3.8) is 0 Å². The van der Waals surface area contributed by atoms with Gasteiger partial charge in [0.05, 0.1) is 11.5 Å². The number of nitro groups is 1. The second-order valence-corrected chi connectivity index (χ2v) is 6.63. The summed E-state index contributed by atoms with van der Waals surface area (Å²) in [5.74, 6) is 0.155. The fourth-order valence-corrected chi connectivity index (χ4v) is 3.31. The predicted molar refractivity (Wildman–Crippen MR) is 100 cm³/mol. The number of Topliss-reactive ketones (excluding diaryl/α,β-unsaturated/α-hetero) is 1. The first kappa shape index (κ1) is 18.2. The standard InChI is InChI=1S/C20H23N3O3/c1-16(17-7-9-19(10-8-17)23(25)26)22-13-11-21(12-14-22)15-20(24)18-5-3-2-4-6-18/h2-10,16H,11-15H2,1H3. The summed E-state index contributed by atoms with van der Waals surface area (Å²) in [6.07, 6.45) is 0. The highest BCUT2D eigenvalue weighted by Gasteiger charge is 2.23. The summed E-state index contributed by atoms with van der Waals surface area (Å²) in [6, 6.07) is 16.4. The summed E-state index contributed by atoms with van der Waals surface area (Å²) in [7, 11) is 0. The van der Waals surface area contributed by atoms with Crippen molar-refractivity contribution in [1.82, 2.24) is 9.80 Å². The van der Waals surface area contributed by atoms with Crippen molar-refractivity contribution < 1.29 is 9.72 Å². The van der Waals surface area contributed by atoms with Crippen LogP contribution in [0.4, 0.5) is 5.69 Å². The third-order valence-corrected chi connectivity index (χ3v) is 5.00. The SMILES string of the molecule is CC(c1ccc([N+](=O)[O-])cc1)N1CCN(CC(=O)c2ccccc2)CC1. The lowest BCUT2D eigenvalue weighted by Gasteiger charge is -2.38. The van der Waals surface area contributed by atoms with E-state index in [0.29, 0.717) is 6.54 Å². The molecule has 1 unspecified atom stereocenters. The highest BCUT2D eigenvalue weighted by atomic mass is 16.6. The van der Waals surface area contributed by atoms with Crippen LogP contribution < -0.4 is 0 Å². The van der Waals surface area contributed by atoms with Crippen molar-refractivity contribution >= 4 is 11.5 Å². The molecule has 2 aromatic rings. The maximum absolute atomic E-state index is 12.3. The number of hydrogen-bond acceptors (Lipinski definition) is 5. The summed E-state index contributed by atoms with van der Waals surface area (Å²) in [5, 5.41) is 10.8. The molecule has 6 nitrogen and oxygen atoms in total. The van der Waals surface area contributed by atoms with Crippen molar-refractivity contribution in [3.8, 4) is 0 Å². The van der Waals surface area contributed by atoms with E-state index in [2.05, 4.69) is 16.7 Å². The molecule has 0 amide bonds. The van der Waals surface area contributed by atoms with E-state index in [1.165, 1.54) is 0 Å². The summed E-state index contributed by atoms with van der Waals surface area (Å²) in [4.78, 5) is 27.3. The number of carbonyl (C=O) groups is 1. The summed E-state index contributed by atoms with van der Waals surface area (Å²) >= 11 is 0. The van der Waals surface area contributed by atoms with Crippen LogP contribution in [0.15, 0.2) is 54.6 Å². The molecule has 1 saturated heterocycles. The van der Waals surface area contributed by atoms with E-state index in [0.717, 1.165) is 37.3 Å². The zero-order chi connectivity index (χ0) is 18.5. The molecule has 136 valence electrons. The zero-order valence-electron chi connectivity index (χ0n) is 14.9. The van der Waals surface area contributed by atoms with E-state index < -0.39 is 0 Å². The van der Waals surface area contributed by atoms with Crippen molar-refractivity contribution in [2.75, 3.05) is 32.7 Å². The molecule has 6 heteroatoms. The van der Waals surface area contributed by atoms with Gasteiger partial charge in [-0.25, -0.2) is 0 Å². The van der Waals surface area contributed by atoms with Gasteiger partial charge < -0.3 is 0 Å². The van der Waals surface area contributed by atoms with Gasteiger partial charge in [-0.1, -0.05) is 42.5 Å². The van der Waals surface area contributed by atoms with Gasteiger partial charge in [0.2, 0.25) is 0 Å². The first-order valence-electron chi connectivity index (χ1n) is 8.83. The van der Waals surface area contributed by atoms with Gasteiger partial charge in [0.25, 0.3) is 5.69 Å². The van der Waals surface area contributed by atoms with Gasteiger partial charge >= 0.3 is 0 Å². The molecule has 0 bridgehead atoms. The zero-order valence-corrected chi connectivity index (χ0v) is 14.9. The van der Waals surface area contributed by atoms with Crippen molar-refractivity contribution in [2.24, 2.45) is 0 Å². The van der Waals surface area contributed by atoms with Crippen molar-refractivity contribution in [2.45, 2.75) is 13.0 Å². The molecule has 1 aliphatic heterocycles. The van der Waals surface area contributed by atoms with Gasteiger partial charge in [-0.3, -0.25) is 24.7 Å². The van der Waals surface area contributed by atoms with E-state index in [4.69, 9.17) is 0 Å². The highest BCUT2D eigenvalue weighted by molar-refractivity contribution is 5.97. The molecule has 26 heavy (non-hydrogen) atoms. The van der Waals surface area contributed by atoms with Crippen LogP contribution in [0.2, 0.25) is 0 Å². The number of rotatable bonds is 6. The lowest BCUT2D eigenvalue weighted by atomic mass is 10.1. The molecule has 3 rings (SSSR count). The highest BCUT2D eigenvalue weighted by Crippen LogP contribution is 2.23. The third kappa shape index (κ3) is 4.33. The Morgan fingerprint density at radius 2 is 1.65 bits per heavy atom. The molecule has 0 N–H and O–H groups in total. The molecular formula is C20H23N3O3. The molecule has 1 aliphatic rings. The van der Waals surface area contributed by atoms with Crippen LogP contribution in [0.1, 0.15) is 28.9 Å². The number of piperazine rings is 1. The first-order chi connectivity index (χ1) is 12.5. The minimum absolute atomic E-state index is 0.116. The maximum atomic E-state index is 12.3. The van der Waals surface area contributed by atoms with Gasteiger partial charge in [0, 0.05) is 49.9 Å². The second-order valence-electron chi connectivity index (χ2n) is 6.63. The number of ketones is 1. The predicted octanol–water partition coefficient (Wildman–Crippen LogP) is 3.16. The Kier molecular flexibility index (Phi) is 5.75. The van der Waals surface area contributed by atoms with Crippen LogP contribution in [0, 0.1) is 10.1 Å². The molecule has 0 aromatic heterocycles. The normalized spacial score (nSPS) is 17.0. The molecule has 1 heterocycles. The Labute approximate surface area is 153 Å². The number of non-ortho nitro benzene ring substituents is 1. The van der Waals surface area contributed by atoms with Gasteiger partial charge in [-0.05, 0) is 12.5 Å². The molecular weight excluding hydrogens is 330 g/mol. The molecule has 1 fully saturated rings. The van der Waals surface area contributed by atoms with Crippen LogP contribution in [-0.2, 0) is 0 Å². The lowest BCUT2D eigenvalue weighted by Crippen LogP contribution is -2.48. The van der Waals surface area contributed by atoms with E-state index in [1.807, 2.05) is 42.5 Å². The van der Waals surface area contributed by atoms with E-state index >= 15 is 0 Å². The number of benzene rings is 2. The molecule has 0 spiro atoms. The van der Waals surface area contributed by atoms with E-state index in [1.54, 1.807) is 12.1 Å². The molecule has 0 radical (unpaired) electrons. The number of hydrogen-bond donors (Lipinski definition) is 0. The average Bonchev–Trinajstić information content (AvgIpc) is 2.69. The van der Waals surface area contributed by atoms with Crippen LogP contribution >= 0.6 is 0 Å². The minimum atomic E-state index is -0.378. The smallest absolute Gasteiger partial charge is 0.269 e. The van der Waals surface area contributed by atoms with Gasteiger partial charge in [0.1, 0.15) is 0 Å². The Bertz CT molecular complexity index is 754. The molecule has 0 aliphatic carbocycles. The Balaban J connectivity index is 1.53. The quantitative estimate of drug-likeness (QED) is 0.453.